The Morgan fingerprint density at radius 3 is 1.16 bits per heavy atom. The van der Waals surface area contributed by atoms with E-state index in [2.05, 4.69) is 55.6 Å². The van der Waals surface area contributed by atoms with Gasteiger partial charge in [-0.3, -0.25) is 4.79 Å². The highest BCUT2D eigenvalue weighted by molar-refractivity contribution is 5.80. The normalized spacial score (nSPS) is 19.7. The summed E-state index contributed by atoms with van der Waals surface area (Å²) < 4.78 is 11.1. The fourth-order valence-corrected chi connectivity index (χ4v) is 10.6. The van der Waals surface area contributed by atoms with Crippen LogP contribution in [0.5, 0.6) is 0 Å². The van der Waals surface area contributed by atoms with E-state index in [0.29, 0.717) is 19.3 Å². The molecule has 1 aliphatic heterocycles. The number of aliphatic hydroxyl groups is 7. The molecular formula is C66H125NO10. The third kappa shape index (κ3) is 42.8. The van der Waals surface area contributed by atoms with Crippen molar-refractivity contribution in [2.45, 2.75) is 364 Å². The molecule has 77 heavy (non-hydrogen) atoms. The lowest BCUT2D eigenvalue weighted by Gasteiger charge is -2.40. The molecule has 0 spiro atoms. The average molecular weight is 1090 g/mol. The van der Waals surface area contributed by atoms with Crippen LogP contribution in [0.4, 0.5) is 0 Å². The van der Waals surface area contributed by atoms with Crippen LogP contribution in [-0.2, 0) is 14.3 Å². The Hall–Kier alpha value is -1.67. The van der Waals surface area contributed by atoms with Gasteiger partial charge in [-0.05, 0) is 77.0 Å². The molecule has 9 unspecified atom stereocenters. The van der Waals surface area contributed by atoms with Crippen LogP contribution in [0, 0.1) is 0 Å². The highest BCUT2D eigenvalue weighted by Crippen LogP contribution is 2.24. The summed E-state index contributed by atoms with van der Waals surface area (Å²) in [7, 11) is 0. The van der Waals surface area contributed by atoms with Crippen LogP contribution in [0.3, 0.4) is 0 Å². The molecular weight excluding hydrogens is 967 g/mol. The predicted molar refractivity (Wildman–Crippen MR) is 321 cm³/mol. The number of hydrogen-bond donors (Lipinski definition) is 8. The Morgan fingerprint density at radius 1 is 0.442 bits per heavy atom. The minimum Gasteiger partial charge on any atom is -0.394 e. The lowest BCUT2D eigenvalue weighted by atomic mass is 9.98. The van der Waals surface area contributed by atoms with Crippen LogP contribution in [0.2, 0.25) is 0 Å². The zero-order chi connectivity index (χ0) is 56.1. The molecule has 1 fully saturated rings. The van der Waals surface area contributed by atoms with E-state index in [-0.39, 0.29) is 12.8 Å². The minimum atomic E-state index is -1.67. The second-order valence-electron chi connectivity index (χ2n) is 23.2. The van der Waals surface area contributed by atoms with Crippen molar-refractivity contribution in [2.24, 2.45) is 0 Å². The van der Waals surface area contributed by atoms with Crippen molar-refractivity contribution in [3.8, 4) is 0 Å². The van der Waals surface area contributed by atoms with Gasteiger partial charge in [0.15, 0.2) is 6.29 Å². The quantitative estimate of drug-likeness (QED) is 0.0215. The molecule has 8 N–H and O–H groups in total. The van der Waals surface area contributed by atoms with Gasteiger partial charge in [0, 0.05) is 0 Å². The number of carbonyl (C=O) groups excluding carboxylic acids is 1. The molecule has 1 rings (SSSR count). The molecule has 0 aromatic carbocycles. The van der Waals surface area contributed by atoms with Crippen LogP contribution in [0.1, 0.15) is 309 Å². The molecule has 11 nitrogen and oxygen atoms in total. The van der Waals surface area contributed by atoms with E-state index < -0.39 is 74.2 Å². The molecule has 0 aliphatic carbocycles. The van der Waals surface area contributed by atoms with E-state index in [0.717, 1.165) is 57.8 Å². The van der Waals surface area contributed by atoms with Gasteiger partial charge in [0.2, 0.25) is 5.91 Å². The maximum atomic E-state index is 13.2. The Kier molecular flexibility index (Phi) is 52.3. The predicted octanol–water partition coefficient (Wildman–Crippen LogP) is 15.0. The summed E-state index contributed by atoms with van der Waals surface area (Å²) in [5.74, 6) is -0.712. The van der Waals surface area contributed by atoms with Crippen molar-refractivity contribution in [1.82, 2.24) is 5.32 Å². The molecule has 0 saturated carbocycles. The van der Waals surface area contributed by atoms with Gasteiger partial charge in [-0.25, -0.2) is 0 Å². The molecule has 1 aliphatic rings. The molecule has 454 valence electrons. The van der Waals surface area contributed by atoms with Crippen molar-refractivity contribution in [1.29, 1.82) is 0 Å². The number of allylic oxidation sites excluding steroid dienone is 6. The number of carbonyl (C=O) groups is 1. The van der Waals surface area contributed by atoms with Gasteiger partial charge in [-0.15, -0.1) is 0 Å². The zero-order valence-corrected chi connectivity index (χ0v) is 50.0. The Balaban J connectivity index is 2.24. The Labute approximate surface area is 473 Å². The smallest absolute Gasteiger partial charge is 0.249 e. The summed E-state index contributed by atoms with van der Waals surface area (Å²) in [6.07, 6.45) is 58.0. The van der Waals surface area contributed by atoms with E-state index in [1.165, 1.54) is 205 Å². The van der Waals surface area contributed by atoms with Crippen molar-refractivity contribution in [3.63, 3.8) is 0 Å². The summed E-state index contributed by atoms with van der Waals surface area (Å²) in [5, 5.41) is 76.3. The van der Waals surface area contributed by atoms with Gasteiger partial charge in [-0.1, -0.05) is 269 Å². The number of aliphatic hydroxyl groups excluding tert-OH is 7. The summed E-state index contributed by atoms with van der Waals surface area (Å²) in [5.41, 5.74) is 0. The lowest BCUT2D eigenvalue weighted by Crippen LogP contribution is -2.60. The first-order chi connectivity index (χ1) is 37.7. The SMILES string of the molecule is CCCCCCCCCC/C=C\CCCCCCCCC(O)C(=O)NC(COC1OC(CO)C(O)C(O)C1O)C(O)C(O)CCC/C=C/CC/C=C/CCCCCCCCCCCCCCCCCCCCCCCCC. The second-order valence-corrected chi connectivity index (χ2v) is 23.2. The third-order valence-corrected chi connectivity index (χ3v) is 15.9. The maximum Gasteiger partial charge on any atom is 0.249 e. The van der Waals surface area contributed by atoms with E-state index in [4.69, 9.17) is 9.47 Å². The molecule has 1 heterocycles. The summed E-state index contributed by atoms with van der Waals surface area (Å²) in [6, 6.07) is -1.19. The van der Waals surface area contributed by atoms with E-state index >= 15 is 0 Å². The monoisotopic (exact) mass is 1090 g/mol. The Morgan fingerprint density at radius 2 is 0.779 bits per heavy atom. The largest absolute Gasteiger partial charge is 0.394 e. The molecule has 0 bridgehead atoms. The first kappa shape index (κ1) is 73.3. The Bertz CT molecular complexity index is 1350. The second kappa shape index (κ2) is 54.9. The van der Waals surface area contributed by atoms with Gasteiger partial charge < -0.3 is 50.5 Å². The van der Waals surface area contributed by atoms with E-state index in [1.807, 2.05) is 0 Å². The van der Waals surface area contributed by atoms with E-state index in [9.17, 15) is 40.5 Å². The summed E-state index contributed by atoms with van der Waals surface area (Å²) in [4.78, 5) is 13.2. The van der Waals surface area contributed by atoms with Crippen molar-refractivity contribution in [2.75, 3.05) is 13.2 Å². The van der Waals surface area contributed by atoms with Gasteiger partial charge in [0.05, 0.1) is 25.4 Å². The standard InChI is InChI=1S/C66H125NO10/c1-3-5-7-9-11-13-15-17-19-21-23-24-25-26-27-28-29-30-31-32-33-34-35-36-38-39-41-43-45-47-49-51-53-58(69)61(71)57(56-76-66-64(74)63(73)62(72)60(55-68)77-66)67-65(75)59(70)54-52-50-48-46-44-42-40-37-22-20-18-16-14-12-10-8-6-4-2/h22,37-39,45,47,57-64,66,68-74H,3-21,23-36,40-44,46,48-56H2,1-2H3,(H,67,75)/b37-22-,39-38+,47-45+. The lowest BCUT2D eigenvalue weighted by molar-refractivity contribution is -0.303. The van der Waals surface area contributed by atoms with Gasteiger partial charge in [0.1, 0.15) is 36.6 Å². The minimum absolute atomic E-state index is 0.244. The van der Waals surface area contributed by atoms with Gasteiger partial charge >= 0.3 is 0 Å². The van der Waals surface area contributed by atoms with Crippen LogP contribution in [-0.4, -0.2) is 110 Å². The molecule has 9 atom stereocenters. The molecule has 0 aromatic heterocycles. The number of rotatable bonds is 57. The fraction of sp³-hybridized carbons (Fsp3) is 0.894. The van der Waals surface area contributed by atoms with Gasteiger partial charge in [0.25, 0.3) is 0 Å². The first-order valence-corrected chi connectivity index (χ1v) is 32.9. The number of unbranched alkanes of at least 4 members (excludes halogenated alkanes) is 39. The summed E-state index contributed by atoms with van der Waals surface area (Å²) >= 11 is 0. The number of ether oxygens (including phenoxy) is 2. The number of nitrogens with one attached hydrogen (secondary N) is 1. The van der Waals surface area contributed by atoms with Crippen LogP contribution in [0.25, 0.3) is 0 Å². The van der Waals surface area contributed by atoms with Crippen molar-refractivity contribution in [3.05, 3.63) is 36.5 Å². The zero-order valence-electron chi connectivity index (χ0n) is 50.0. The number of amides is 1. The maximum absolute atomic E-state index is 13.2. The van der Waals surface area contributed by atoms with Crippen molar-refractivity contribution >= 4 is 5.91 Å². The van der Waals surface area contributed by atoms with Crippen LogP contribution in [0.15, 0.2) is 36.5 Å². The van der Waals surface area contributed by atoms with Crippen LogP contribution < -0.4 is 5.32 Å². The molecule has 0 aromatic rings. The topological polar surface area (TPSA) is 189 Å². The molecule has 1 saturated heterocycles. The third-order valence-electron chi connectivity index (χ3n) is 15.9. The molecule has 11 heteroatoms. The highest BCUT2D eigenvalue weighted by Gasteiger charge is 2.44. The average Bonchev–Trinajstić information content (AvgIpc) is 3.43. The van der Waals surface area contributed by atoms with E-state index in [1.54, 1.807) is 0 Å². The molecule has 0 radical (unpaired) electrons. The first-order valence-electron chi connectivity index (χ1n) is 32.9. The molecule has 1 amide bonds. The fourth-order valence-electron chi connectivity index (χ4n) is 10.6. The summed E-state index contributed by atoms with van der Waals surface area (Å²) in [6.45, 7) is 3.47. The number of hydrogen-bond acceptors (Lipinski definition) is 10. The van der Waals surface area contributed by atoms with Gasteiger partial charge in [-0.2, -0.15) is 0 Å². The van der Waals surface area contributed by atoms with Crippen molar-refractivity contribution < 1.29 is 50.0 Å². The highest BCUT2D eigenvalue weighted by atomic mass is 16.7. The van der Waals surface area contributed by atoms with Crippen LogP contribution >= 0.6 is 0 Å².